The van der Waals surface area contributed by atoms with Gasteiger partial charge in [0.15, 0.2) is 5.82 Å². The van der Waals surface area contributed by atoms with Gasteiger partial charge in [0.05, 0.1) is 16.8 Å². The molecule has 7 heteroatoms. The second-order valence-corrected chi connectivity index (χ2v) is 7.92. The SMILES string of the molecule is C=C(C(c1ccc(Cl)cc1)C(C(=O)c1nccn1-c1ccccc1)c1ccccc1)[N+](=O)[O-]. The molecular formula is C26H20ClN3O3. The van der Waals surface area contributed by atoms with Crippen LogP contribution in [0.4, 0.5) is 0 Å². The van der Waals surface area contributed by atoms with Gasteiger partial charge in [0.2, 0.25) is 11.5 Å². The lowest BCUT2D eigenvalue weighted by Crippen LogP contribution is -2.26. The lowest BCUT2D eigenvalue weighted by Gasteiger charge is -2.25. The number of nitrogens with zero attached hydrogens (tertiary/aromatic N) is 3. The van der Waals surface area contributed by atoms with E-state index in [1.54, 1.807) is 65.5 Å². The first kappa shape index (κ1) is 22.2. The van der Waals surface area contributed by atoms with Crippen molar-refractivity contribution < 1.29 is 9.72 Å². The quantitative estimate of drug-likeness (QED) is 0.183. The molecule has 0 bridgehead atoms. The van der Waals surface area contributed by atoms with E-state index in [2.05, 4.69) is 11.6 Å². The van der Waals surface area contributed by atoms with E-state index in [-0.39, 0.29) is 17.3 Å². The van der Waals surface area contributed by atoms with Crippen molar-refractivity contribution in [3.63, 3.8) is 0 Å². The van der Waals surface area contributed by atoms with Gasteiger partial charge in [-0.15, -0.1) is 0 Å². The molecular weight excluding hydrogens is 438 g/mol. The largest absolute Gasteiger partial charge is 0.297 e. The molecule has 0 radical (unpaired) electrons. The summed E-state index contributed by atoms with van der Waals surface area (Å²) in [5.74, 6) is -2.01. The number of rotatable bonds is 8. The van der Waals surface area contributed by atoms with Crippen molar-refractivity contribution in [2.45, 2.75) is 11.8 Å². The molecule has 164 valence electrons. The molecule has 3 aromatic carbocycles. The molecule has 0 aliphatic heterocycles. The van der Waals surface area contributed by atoms with Gasteiger partial charge in [-0.3, -0.25) is 19.5 Å². The Balaban J connectivity index is 1.89. The molecule has 0 aliphatic carbocycles. The van der Waals surface area contributed by atoms with E-state index in [9.17, 15) is 14.9 Å². The van der Waals surface area contributed by atoms with Gasteiger partial charge >= 0.3 is 0 Å². The van der Waals surface area contributed by atoms with Crippen LogP contribution < -0.4 is 0 Å². The van der Waals surface area contributed by atoms with E-state index in [4.69, 9.17) is 11.6 Å². The van der Waals surface area contributed by atoms with Gasteiger partial charge in [0.1, 0.15) is 0 Å². The minimum Gasteiger partial charge on any atom is -0.297 e. The summed E-state index contributed by atoms with van der Waals surface area (Å²) >= 11 is 6.05. The summed E-state index contributed by atoms with van der Waals surface area (Å²) in [5.41, 5.74) is 1.69. The van der Waals surface area contributed by atoms with Crippen LogP contribution in [0.2, 0.25) is 5.02 Å². The van der Waals surface area contributed by atoms with Crippen molar-refractivity contribution in [2.75, 3.05) is 0 Å². The van der Waals surface area contributed by atoms with Crippen molar-refractivity contribution in [3.05, 3.63) is 142 Å². The third-order valence-corrected chi connectivity index (χ3v) is 5.74. The lowest BCUT2D eigenvalue weighted by molar-refractivity contribution is -0.429. The highest BCUT2D eigenvalue weighted by atomic mass is 35.5. The molecule has 1 heterocycles. The Morgan fingerprint density at radius 1 is 0.909 bits per heavy atom. The van der Waals surface area contributed by atoms with Crippen LogP contribution in [0.3, 0.4) is 0 Å². The highest BCUT2D eigenvalue weighted by Gasteiger charge is 2.40. The van der Waals surface area contributed by atoms with Crippen molar-refractivity contribution in [2.24, 2.45) is 0 Å². The number of allylic oxidation sites excluding steroid dienone is 1. The molecule has 1 aromatic heterocycles. The molecule has 33 heavy (non-hydrogen) atoms. The average Bonchev–Trinajstić information content (AvgIpc) is 3.33. The summed E-state index contributed by atoms with van der Waals surface area (Å²) in [7, 11) is 0. The number of aromatic nitrogens is 2. The Labute approximate surface area is 195 Å². The van der Waals surface area contributed by atoms with E-state index in [1.165, 1.54) is 0 Å². The van der Waals surface area contributed by atoms with Crippen molar-refractivity contribution in [1.29, 1.82) is 0 Å². The maximum absolute atomic E-state index is 14.0. The summed E-state index contributed by atoms with van der Waals surface area (Å²) in [6.07, 6.45) is 3.24. The number of nitro groups is 1. The molecule has 2 atom stereocenters. The Morgan fingerprint density at radius 2 is 1.48 bits per heavy atom. The van der Waals surface area contributed by atoms with Gasteiger partial charge in [0, 0.05) is 23.1 Å². The molecule has 0 spiro atoms. The number of carbonyl (C=O) groups is 1. The topological polar surface area (TPSA) is 78.0 Å². The Morgan fingerprint density at radius 3 is 2.09 bits per heavy atom. The van der Waals surface area contributed by atoms with Gasteiger partial charge in [-0.1, -0.05) is 72.3 Å². The maximum atomic E-state index is 14.0. The second kappa shape index (κ2) is 9.63. The minimum atomic E-state index is -0.923. The van der Waals surface area contributed by atoms with Gasteiger partial charge in [0.25, 0.3) is 0 Å². The molecule has 4 rings (SSSR count). The predicted octanol–water partition coefficient (Wildman–Crippen LogP) is 6.07. The number of benzene rings is 3. The van der Waals surface area contributed by atoms with Gasteiger partial charge in [-0.2, -0.15) is 0 Å². The molecule has 4 aromatic rings. The zero-order chi connectivity index (χ0) is 23.4. The normalized spacial score (nSPS) is 12.6. The monoisotopic (exact) mass is 457 g/mol. The number of para-hydroxylation sites is 1. The first-order chi connectivity index (χ1) is 16.0. The summed E-state index contributed by atoms with van der Waals surface area (Å²) < 4.78 is 1.69. The van der Waals surface area contributed by atoms with Crippen molar-refractivity contribution in [3.8, 4) is 5.69 Å². The van der Waals surface area contributed by atoms with E-state index >= 15 is 0 Å². The van der Waals surface area contributed by atoms with Gasteiger partial charge in [-0.05, 0) is 42.0 Å². The van der Waals surface area contributed by atoms with E-state index in [1.807, 2.05) is 36.4 Å². The highest BCUT2D eigenvalue weighted by molar-refractivity contribution is 6.30. The molecule has 0 saturated carbocycles. The minimum absolute atomic E-state index is 0.185. The molecule has 0 fully saturated rings. The Bertz CT molecular complexity index is 1290. The fourth-order valence-electron chi connectivity index (χ4n) is 3.94. The molecule has 0 saturated heterocycles. The van der Waals surface area contributed by atoms with Crippen LogP contribution in [-0.2, 0) is 0 Å². The van der Waals surface area contributed by atoms with Crippen LogP contribution in [0.1, 0.15) is 33.6 Å². The van der Waals surface area contributed by atoms with E-state index in [0.717, 1.165) is 5.69 Å². The second-order valence-electron chi connectivity index (χ2n) is 7.49. The molecule has 0 amide bonds. The van der Waals surface area contributed by atoms with Crippen LogP contribution >= 0.6 is 11.6 Å². The first-order valence-corrected chi connectivity index (χ1v) is 10.6. The van der Waals surface area contributed by atoms with E-state index < -0.39 is 16.8 Å². The van der Waals surface area contributed by atoms with Crippen LogP contribution in [0, 0.1) is 10.1 Å². The first-order valence-electron chi connectivity index (χ1n) is 10.2. The number of hydrogen-bond donors (Lipinski definition) is 0. The molecule has 6 nitrogen and oxygen atoms in total. The van der Waals surface area contributed by atoms with Crippen LogP contribution in [0.25, 0.3) is 5.69 Å². The predicted molar refractivity (Wildman–Crippen MR) is 127 cm³/mol. The van der Waals surface area contributed by atoms with E-state index in [0.29, 0.717) is 16.1 Å². The van der Waals surface area contributed by atoms with Crippen LogP contribution in [-0.4, -0.2) is 20.3 Å². The molecule has 0 N–H and O–H groups in total. The third kappa shape index (κ3) is 4.61. The Hall–Kier alpha value is -4.03. The fraction of sp³-hybridized carbons (Fsp3) is 0.0769. The summed E-state index contributed by atoms with van der Waals surface area (Å²) in [6.45, 7) is 3.73. The van der Waals surface area contributed by atoms with Gasteiger partial charge < -0.3 is 0 Å². The number of halogens is 1. The summed E-state index contributed by atoms with van der Waals surface area (Å²) in [4.78, 5) is 29.7. The lowest BCUT2D eigenvalue weighted by atomic mass is 9.77. The van der Waals surface area contributed by atoms with Crippen molar-refractivity contribution in [1.82, 2.24) is 9.55 Å². The third-order valence-electron chi connectivity index (χ3n) is 5.49. The molecule has 2 unspecified atom stereocenters. The summed E-state index contributed by atoms with van der Waals surface area (Å²) in [5, 5.41) is 12.4. The molecule has 0 aliphatic rings. The number of imidazole rings is 1. The summed E-state index contributed by atoms with van der Waals surface area (Å²) in [6, 6.07) is 25.0. The van der Waals surface area contributed by atoms with Crippen LogP contribution in [0.15, 0.2) is 110 Å². The van der Waals surface area contributed by atoms with Crippen molar-refractivity contribution >= 4 is 17.4 Å². The number of Topliss-reactive ketones (excluding diaryl/α,β-unsaturated/α-hetero) is 1. The van der Waals surface area contributed by atoms with Crippen LogP contribution in [0.5, 0.6) is 0 Å². The standard InChI is InChI=1S/C26H20ClN3O3/c1-18(30(32)33)23(20-12-14-21(27)15-13-20)24(19-8-4-2-5-9-19)25(31)26-28-16-17-29(26)22-10-6-3-7-11-22/h2-17,23-24H,1H2. The average molecular weight is 458 g/mol. The highest BCUT2D eigenvalue weighted by Crippen LogP contribution is 2.40. The zero-order valence-corrected chi connectivity index (χ0v) is 18.3. The smallest absolute Gasteiger partial charge is 0.247 e. The Kier molecular flexibility index (Phi) is 6.47. The number of carbonyl (C=O) groups excluding carboxylic acids is 1. The maximum Gasteiger partial charge on any atom is 0.247 e. The fourth-order valence-corrected chi connectivity index (χ4v) is 4.06. The number of ketones is 1. The zero-order valence-electron chi connectivity index (χ0n) is 17.5. The number of hydrogen-bond acceptors (Lipinski definition) is 4. The van der Waals surface area contributed by atoms with Gasteiger partial charge in [-0.25, -0.2) is 4.98 Å².